The normalized spacial score (nSPS) is 23.0. The van der Waals surface area contributed by atoms with Gasteiger partial charge in [0.1, 0.15) is 5.82 Å². The molecule has 1 aromatic rings. The van der Waals surface area contributed by atoms with Gasteiger partial charge in [-0.1, -0.05) is 0 Å². The van der Waals surface area contributed by atoms with Crippen LogP contribution in [0, 0.1) is 15.9 Å². The number of ether oxygens (including phenoxy) is 1. The van der Waals surface area contributed by atoms with E-state index in [4.69, 9.17) is 4.74 Å². The molecule has 18 heavy (non-hydrogen) atoms. The second-order valence-corrected chi connectivity index (χ2v) is 4.14. The number of nitrogens with zero attached hydrogens (tertiary/aromatic N) is 1. The van der Waals surface area contributed by atoms with Crippen molar-refractivity contribution in [3.63, 3.8) is 0 Å². The highest BCUT2D eigenvalue weighted by Crippen LogP contribution is 2.21. The summed E-state index contributed by atoms with van der Waals surface area (Å²) in [5.41, 5.74) is 0.120. The Kier molecular flexibility index (Phi) is 3.73. The Balaban J connectivity index is 2.16. The fourth-order valence-electron chi connectivity index (χ4n) is 2.02. The molecule has 1 aliphatic heterocycles. The van der Waals surface area contributed by atoms with E-state index in [0.717, 1.165) is 6.07 Å². The predicted octanol–water partition coefficient (Wildman–Crippen LogP) is 1.13. The molecule has 0 aromatic heterocycles. The molecular weight excluding hydrogens is 241 g/mol. The molecule has 0 aliphatic carbocycles. The molecule has 1 fully saturated rings. The Bertz CT molecular complexity index is 455. The standard InChI is InChI=1S/C11H14FN3O3/c1-18-11-6-13-5-10(11)14-8-2-7(12)3-9(4-8)15(16)17/h2-4,10-11,13-14H,5-6H2,1H3/t10?,11-/m1/s1. The number of nitro groups is 1. The Hall–Kier alpha value is -1.73. The fraction of sp³-hybridized carbons (Fsp3) is 0.455. The van der Waals surface area contributed by atoms with Crippen molar-refractivity contribution in [2.45, 2.75) is 12.1 Å². The minimum atomic E-state index is -0.633. The van der Waals surface area contributed by atoms with Crippen molar-refractivity contribution in [2.75, 3.05) is 25.5 Å². The van der Waals surface area contributed by atoms with Gasteiger partial charge in [0.15, 0.2) is 0 Å². The van der Waals surface area contributed by atoms with Gasteiger partial charge in [-0.05, 0) is 6.07 Å². The van der Waals surface area contributed by atoms with E-state index in [1.165, 1.54) is 12.1 Å². The molecule has 2 N–H and O–H groups in total. The van der Waals surface area contributed by atoms with E-state index >= 15 is 0 Å². The van der Waals surface area contributed by atoms with Crippen molar-refractivity contribution < 1.29 is 14.1 Å². The number of hydrogen-bond acceptors (Lipinski definition) is 5. The molecule has 1 aromatic carbocycles. The van der Waals surface area contributed by atoms with Crippen LogP contribution in [0.1, 0.15) is 0 Å². The van der Waals surface area contributed by atoms with Crippen LogP contribution in [0.25, 0.3) is 0 Å². The zero-order valence-electron chi connectivity index (χ0n) is 9.85. The third-order valence-corrected chi connectivity index (χ3v) is 2.91. The van der Waals surface area contributed by atoms with E-state index in [0.29, 0.717) is 18.8 Å². The highest BCUT2D eigenvalue weighted by atomic mass is 19.1. The van der Waals surface area contributed by atoms with Crippen molar-refractivity contribution in [2.24, 2.45) is 0 Å². The molecule has 0 spiro atoms. The highest BCUT2D eigenvalue weighted by molar-refractivity contribution is 5.52. The minimum Gasteiger partial charge on any atom is -0.378 e. The van der Waals surface area contributed by atoms with Gasteiger partial charge < -0.3 is 15.4 Å². The Labute approximate surface area is 103 Å². The van der Waals surface area contributed by atoms with Crippen LogP contribution in [0.5, 0.6) is 0 Å². The van der Waals surface area contributed by atoms with E-state index in [9.17, 15) is 14.5 Å². The van der Waals surface area contributed by atoms with Crippen LogP contribution in [0.4, 0.5) is 15.8 Å². The summed E-state index contributed by atoms with van der Waals surface area (Å²) in [5.74, 6) is -0.633. The second kappa shape index (κ2) is 5.28. The Morgan fingerprint density at radius 1 is 1.50 bits per heavy atom. The molecule has 0 bridgehead atoms. The van der Waals surface area contributed by atoms with E-state index in [-0.39, 0.29) is 17.8 Å². The largest absolute Gasteiger partial charge is 0.378 e. The van der Waals surface area contributed by atoms with Gasteiger partial charge >= 0.3 is 0 Å². The number of methoxy groups -OCH3 is 1. The van der Waals surface area contributed by atoms with Crippen LogP contribution in [-0.2, 0) is 4.74 Å². The number of nitro benzene ring substituents is 1. The SMILES string of the molecule is CO[C@@H]1CNCC1Nc1cc(F)cc([N+](=O)[O-])c1. The molecule has 1 aliphatic rings. The van der Waals surface area contributed by atoms with Crippen LogP contribution in [0.2, 0.25) is 0 Å². The molecule has 1 saturated heterocycles. The molecule has 0 saturated carbocycles. The minimum absolute atomic E-state index is 0.0311. The topological polar surface area (TPSA) is 76.4 Å². The van der Waals surface area contributed by atoms with Crippen molar-refractivity contribution in [3.8, 4) is 0 Å². The predicted molar refractivity (Wildman–Crippen MR) is 64.1 cm³/mol. The van der Waals surface area contributed by atoms with E-state index in [2.05, 4.69) is 10.6 Å². The Morgan fingerprint density at radius 2 is 2.28 bits per heavy atom. The van der Waals surface area contributed by atoms with E-state index in [1.54, 1.807) is 7.11 Å². The summed E-state index contributed by atoms with van der Waals surface area (Å²) in [6, 6.07) is 3.41. The monoisotopic (exact) mass is 255 g/mol. The first kappa shape index (κ1) is 12.7. The molecule has 7 heteroatoms. The lowest BCUT2D eigenvalue weighted by molar-refractivity contribution is -0.385. The van der Waals surface area contributed by atoms with Crippen LogP contribution in [0.15, 0.2) is 18.2 Å². The number of benzene rings is 1. The molecule has 0 amide bonds. The van der Waals surface area contributed by atoms with Gasteiger partial charge in [-0.15, -0.1) is 0 Å². The molecule has 2 rings (SSSR count). The van der Waals surface area contributed by atoms with Crippen molar-refractivity contribution >= 4 is 11.4 Å². The summed E-state index contributed by atoms with van der Waals surface area (Å²) in [5, 5.41) is 16.8. The van der Waals surface area contributed by atoms with Crippen LogP contribution in [0.3, 0.4) is 0 Å². The third kappa shape index (κ3) is 2.74. The van der Waals surface area contributed by atoms with Gasteiger partial charge in [-0.25, -0.2) is 4.39 Å². The van der Waals surface area contributed by atoms with Crippen LogP contribution >= 0.6 is 0 Å². The van der Waals surface area contributed by atoms with Gasteiger partial charge in [0.25, 0.3) is 5.69 Å². The zero-order valence-corrected chi connectivity index (χ0v) is 9.85. The maximum Gasteiger partial charge on any atom is 0.274 e. The zero-order chi connectivity index (χ0) is 13.1. The average molecular weight is 255 g/mol. The summed E-state index contributed by atoms with van der Waals surface area (Å²) < 4.78 is 18.5. The number of rotatable bonds is 4. The summed E-state index contributed by atoms with van der Waals surface area (Å²) in [4.78, 5) is 10.0. The number of halogens is 1. The van der Waals surface area contributed by atoms with Gasteiger partial charge in [0.05, 0.1) is 23.1 Å². The maximum atomic E-state index is 13.2. The lowest BCUT2D eigenvalue weighted by Crippen LogP contribution is -2.33. The van der Waals surface area contributed by atoms with E-state index in [1.807, 2.05) is 0 Å². The smallest absolute Gasteiger partial charge is 0.274 e. The summed E-state index contributed by atoms with van der Waals surface area (Å²) in [7, 11) is 1.60. The third-order valence-electron chi connectivity index (χ3n) is 2.91. The molecule has 6 nitrogen and oxygen atoms in total. The molecule has 98 valence electrons. The van der Waals surface area contributed by atoms with E-state index < -0.39 is 10.7 Å². The maximum absolute atomic E-state index is 13.2. The Morgan fingerprint density at radius 3 is 2.94 bits per heavy atom. The first-order valence-electron chi connectivity index (χ1n) is 5.55. The van der Waals surface area contributed by atoms with Gasteiger partial charge in [0.2, 0.25) is 0 Å². The van der Waals surface area contributed by atoms with Gasteiger partial charge in [-0.2, -0.15) is 0 Å². The number of hydrogen-bond donors (Lipinski definition) is 2. The van der Waals surface area contributed by atoms with Crippen molar-refractivity contribution in [1.29, 1.82) is 0 Å². The molecule has 1 heterocycles. The highest BCUT2D eigenvalue weighted by Gasteiger charge is 2.27. The lowest BCUT2D eigenvalue weighted by Gasteiger charge is -2.19. The van der Waals surface area contributed by atoms with Crippen LogP contribution in [-0.4, -0.2) is 37.3 Å². The fourth-order valence-corrected chi connectivity index (χ4v) is 2.02. The first-order chi connectivity index (χ1) is 8.60. The van der Waals surface area contributed by atoms with Gasteiger partial charge in [-0.3, -0.25) is 10.1 Å². The quantitative estimate of drug-likeness (QED) is 0.623. The number of non-ortho nitro benzene ring substituents is 1. The first-order valence-corrected chi connectivity index (χ1v) is 5.55. The number of anilines is 1. The second-order valence-electron chi connectivity index (χ2n) is 4.14. The number of nitrogens with one attached hydrogen (secondary N) is 2. The summed E-state index contributed by atoms with van der Waals surface area (Å²) >= 11 is 0. The molecule has 0 radical (unpaired) electrons. The van der Waals surface area contributed by atoms with Crippen molar-refractivity contribution in [3.05, 3.63) is 34.1 Å². The molecule has 2 atom stereocenters. The van der Waals surface area contributed by atoms with Crippen molar-refractivity contribution in [1.82, 2.24) is 5.32 Å². The molecular formula is C11H14FN3O3. The lowest BCUT2D eigenvalue weighted by atomic mass is 10.2. The summed E-state index contributed by atoms with van der Waals surface area (Å²) in [6.07, 6.45) is -0.0349. The van der Waals surface area contributed by atoms with Crippen LogP contribution < -0.4 is 10.6 Å². The summed E-state index contributed by atoms with van der Waals surface area (Å²) in [6.45, 7) is 1.37. The average Bonchev–Trinajstić information content (AvgIpc) is 2.75. The molecule has 1 unspecified atom stereocenters. The van der Waals surface area contributed by atoms with Gasteiger partial charge in [0, 0.05) is 32.0 Å².